The van der Waals surface area contributed by atoms with Crippen LogP contribution in [0.2, 0.25) is 0 Å². The summed E-state index contributed by atoms with van der Waals surface area (Å²) in [5, 5.41) is 12.8. The monoisotopic (exact) mass is 214 g/mol. The zero-order chi connectivity index (χ0) is 11.5. The van der Waals surface area contributed by atoms with Crippen LogP contribution in [-0.4, -0.2) is 14.8 Å². The third-order valence-electron chi connectivity index (χ3n) is 1.96. The Labute approximate surface area is 92.9 Å². The second-order valence-corrected chi connectivity index (χ2v) is 3.40. The van der Waals surface area contributed by atoms with E-state index in [4.69, 9.17) is 10.00 Å². The summed E-state index contributed by atoms with van der Waals surface area (Å²) in [5.74, 6) is 1.01. The van der Waals surface area contributed by atoms with Gasteiger partial charge in [0.2, 0.25) is 5.88 Å². The average molecular weight is 214 g/mol. The van der Waals surface area contributed by atoms with Gasteiger partial charge in [-0.15, -0.1) is 0 Å². The molecule has 2 aromatic rings. The van der Waals surface area contributed by atoms with Crippen LogP contribution in [-0.2, 0) is 7.05 Å². The maximum atomic E-state index is 8.81. The normalized spacial score (nSPS) is 9.81. The van der Waals surface area contributed by atoms with Crippen molar-refractivity contribution in [1.82, 2.24) is 14.8 Å². The first-order valence-electron chi connectivity index (χ1n) is 4.72. The second-order valence-electron chi connectivity index (χ2n) is 3.40. The summed E-state index contributed by atoms with van der Waals surface area (Å²) in [6.07, 6.45) is 3.33. The van der Waals surface area contributed by atoms with E-state index in [1.165, 1.54) is 0 Å². The van der Waals surface area contributed by atoms with Crippen LogP contribution in [0.4, 0.5) is 0 Å². The van der Waals surface area contributed by atoms with Gasteiger partial charge in [0.1, 0.15) is 0 Å². The third-order valence-corrected chi connectivity index (χ3v) is 1.96. The molecule has 0 aliphatic rings. The van der Waals surface area contributed by atoms with E-state index in [0.717, 1.165) is 5.69 Å². The highest BCUT2D eigenvalue weighted by Gasteiger charge is 2.03. The quantitative estimate of drug-likeness (QED) is 0.764. The molecule has 0 N–H and O–H groups in total. The highest BCUT2D eigenvalue weighted by Crippen LogP contribution is 2.19. The van der Waals surface area contributed by atoms with Gasteiger partial charge in [0.15, 0.2) is 5.75 Å². The van der Waals surface area contributed by atoms with E-state index in [0.29, 0.717) is 17.2 Å². The van der Waals surface area contributed by atoms with Crippen LogP contribution in [0.5, 0.6) is 11.6 Å². The molecule has 0 saturated heterocycles. The van der Waals surface area contributed by atoms with Crippen LogP contribution in [0, 0.1) is 18.3 Å². The molecule has 2 rings (SSSR count). The SMILES string of the molecule is Cc1cc(C#N)cc(Oc2cnn(C)c2)n1. The van der Waals surface area contributed by atoms with Crippen molar-refractivity contribution in [2.24, 2.45) is 7.05 Å². The number of ether oxygens (including phenoxy) is 1. The summed E-state index contributed by atoms with van der Waals surface area (Å²) in [6, 6.07) is 5.36. The molecule has 0 unspecified atom stereocenters. The number of hydrogen-bond donors (Lipinski definition) is 0. The molecule has 0 fully saturated rings. The van der Waals surface area contributed by atoms with Gasteiger partial charge < -0.3 is 4.74 Å². The molecule has 0 radical (unpaired) electrons. The molecule has 5 heteroatoms. The van der Waals surface area contributed by atoms with E-state index in [2.05, 4.69) is 16.2 Å². The smallest absolute Gasteiger partial charge is 0.220 e. The molecule has 0 atom stereocenters. The molecule has 0 bridgehead atoms. The largest absolute Gasteiger partial charge is 0.436 e. The average Bonchev–Trinajstić information content (AvgIpc) is 2.63. The van der Waals surface area contributed by atoms with Crippen molar-refractivity contribution in [3.05, 3.63) is 35.8 Å². The second kappa shape index (κ2) is 4.03. The molecule has 2 aromatic heterocycles. The Morgan fingerprint density at radius 3 is 2.88 bits per heavy atom. The maximum absolute atomic E-state index is 8.81. The molecule has 0 saturated carbocycles. The highest BCUT2D eigenvalue weighted by atomic mass is 16.5. The van der Waals surface area contributed by atoms with E-state index in [-0.39, 0.29) is 0 Å². The van der Waals surface area contributed by atoms with Gasteiger partial charge in [-0.2, -0.15) is 10.4 Å². The van der Waals surface area contributed by atoms with E-state index in [1.807, 2.05) is 6.92 Å². The van der Waals surface area contributed by atoms with Crippen molar-refractivity contribution in [1.29, 1.82) is 5.26 Å². The Morgan fingerprint density at radius 2 is 2.25 bits per heavy atom. The zero-order valence-corrected chi connectivity index (χ0v) is 9.01. The lowest BCUT2D eigenvalue weighted by Gasteiger charge is -2.02. The van der Waals surface area contributed by atoms with Crippen molar-refractivity contribution in [2.75, 3.05) is 0 Å². The van der Waals surface area contributed by atoms with Gasteiger partial charge >= 0.3 is 0 Å². The Kier molecular flexibility index (Phi) is 2.56. The molecule has 2 heterocycles. The summed E-state index contributed by atoms with van der Waals surface area (Å²) in [5.41, 5.74) is 1.28. The van der Waals surface area contributed by atoms with Crippen LogP contribution >= 0.6 is 0 Å². The Morgan fingerprint density at radius 1 is 1.44 bits per heavy atom. The minimum Gasteiger partial charge on any atom is -0.436 e. The van der Waals surface area contributed by atoms with Crippen molar-refractivity contribution < 1.29 is 4.74 Å². The topological polar surface area (TPSA) is 63.7 Å². The number of nitrogens with zero attached hydrogens (tertiary/aromatic N) is 4. The van der Waals surface area contributed by atoms with Crippen LogP contribution in [0.15, 0.2) is 24.5 Å². The summed E-state index contributed by atoms with van der Waals surface area (Å²) < 4.78 is 7.11. The molecule has 5 nitrogen and oxygen atoms in total. The van der Waals surface area contributed by atoms with E-state index >= 15 is 0 Å². The number of hydrogen-bond acceptors (Lipinski definition) is 4. The van der Waals surface area contributed by atoms with Crippen molar-refractivity contribution in [3.8, 4) is 17.7 Å². The fourth-order valence-corrected chi connectivity index (χ4v) is 1.33. The van der Waals surface area contributed by atoms with E-state index in [9.17, 15) is 0 Å². The van der Waals surface area contributed by atoms with Crippen LogP contribution in [0.3, 0.4) is 0 Å². The number of nitriles is 1. The summed E-state index contributed by atoms with van der Waals surface area (Å²) in [7, 11) is 1.80. The Balaban J connectivity index is 2.28. The van der Waals surface area contributed by atoms with Crippen molar-refractivity contribution in [3.63, 3.8) is 0 Å². The molecular formula is C11H10N4O. The summed E-state index contributed by atoms with van der Waals surface area (Å²) in [6.45, 7) is 1.82. The minimum absolute atomic E-state index is 0.407. The van der Waals surface area contributed by atoms with Gasteiger partial charge in [-0.25, -0.2) is 4.98 Å². The van der Waals surface area contributed by atoms with Gasteiger partial charge in [0.25, 0.3) is 0 Å². The minimum atomic E-state index is 0.407. The van der Waals surface area contributed by atoms with Crippen LogP contribution < -0.4 is 4.74 Å². The predicted octanol–water partition coefficient (Wildman–Crippen LogP) is 1.79. The number of rotatable bonds is 2. The summed E-state index contributed by atoms with van der Waals surface area (Å²) >= 11 is 0. The van der Waals surface area contributed by atoms with Crippen LogP contribution in [0.1, 0.15) is 11.3 Å². The highest BCUT2D eigenvalue weighted by molar-refractivity contribution is 5.35. The lowest BCUT2D eigenvalue weighted by molar-refractivity contribution is 0.461. The van der Waals surface area contributed by atoms with Crippen molar-refractivity contribution >= 4 is 0 Å². The fourth-order valence-electron chi connectivity index (χ4n) is 1.33. The predicted molar refractivity (Wildman–Crippen MR) is 57.0 cm³/mol. The first kappa shape index (κ1) is 10.2. The van der Waals surface area contributed by atoms with Gasteiger partial charge in [-0.05, 0) is 13.0 Å². The summed E-state index contributed by atoms with van der Waals surface area (Å²) in [4.78, 5) is 4.18. The lowest BCUT2D eigenvalue weighted by Crippen LogP contribution is -1.91. The maximum Gasteiger partial charge on any atom is 0.220 e. The lowest BCUT2D eigenvalue weighted by atomic mass is 10.2. The Bertz CT molecular complexity index is 553. The van der Waals surface area contributed by atoms with Gasteiger partial charge in [0, 0.05) is 18.8 Å². The number of pyridine rings is 1. The van der Waals surface area contributed by atoms with Gasteiger partial charge in [0.05, 0.1) is 24.0 Å². The Hall–Kier alpha value is -2.35. The van der Waals surface area contributed by atoms with Gasteiger partial charge in [-0.1, -0.05) is 0 Å². The molecular weight excluding hydrogens is 204 g/mol. The third kappa shape index (κ3) is 2.17. The van der Waals surface area contributed by atoms with E-state index < -0.39 is 0 Å². The fraction of sp³-hybridized carbons (Fsp3) is 0.182. The first-order valence-corrected chi connectivity index (χ1v) is 4.72. The standard InChI is InChI=1S/C11H10N4O/c1-8-3-9(5-12)4-11(14-8)16-10-6-13-15(2)7-10/h3-4,6-7H,1-2H3. The van der Waals surface area contributed by atoms with Gasteiger partial charge in [-0.3, -0.25) is 4.68 Å². The van der Waals surface area contributed by atoms with Crippen LogP contribution in [0.25, 0.3) is 0 Å². The first-order chi connectivity index (χ1) is 7.67. The van der Waals surface area contributed by atoms with E-state index in [1.54, 1.807) is 36.3 Å². The molecule has 0 aliphatic carbocycles. The molecule has 0 aromatic carbocycles. The number of aromatic nitrogens is 3. The van der Waals surface area contributed by atoms with Crippen molar-refractivity contribution in [2.45, 2.75) is 6.92 Å². The molecule has 80 valence electrons. The zero-order valence-electron chi connectivity index (χ0n) is 9.01. The number of aryl methyl sites for hydroxylation is 2. The molecule has 16 heavy (non-hydrogen) atoms. The molecule has 0 amide bonds. The molecule has 0 spiro atoms. The molecule has 0 aliphatic heterocycles.